The third-order valence-electron chi connectivity index (χ3n) is 4.62. The minimum atomic E-state index is -0.156. The van der Waals surface area contributed by atoms with Gasteiger partial charge in [-0.25, -0.2) is 0 Å². The van der Waals surface area contributed by atoms with Crippen molar-refractivity contribution in [3.63, 3.8) is 0 Å². The predicted octanol–water partition coefficient (Wildman–Crippen LogP) is 4.98. The number of hydrogen-bond acceptors (Lipinski definition) is 4. The number of aromatic nitrogens is 2. The fraction of sp³-hybridized carbons (Fsp3) is 0.0833. The molecular weight excluding hydrogens is 362 g/mol. The highest BCUT2D eigenvalue weighted by molar-refractivity contribution is 5.88. The number of nitrogens with one attached hydrogen (secondary N) is 1. The smallest absolute Gasteiger partial charge is 0.266 e. The van der Waals surface area contributed by atoms with Crippen molar-refractivity contribution >= 4 is 11.6 Å². The average molecular weight is 383 g/mol. The zero-order valence-corrected chi connectivity index (χ0v) is 16.1. The van der Waals surface area contributed by atoms with Crippen LogP contribution in [-0.2, 0) is 0 Å². The predicted molar refractivity (Wildman–Crippen MR) is 115 cm³/mol. The molecule has 3 aromatic carbocycles. The second-order valence-corrected chi connectivity index (χ2v) is 6.51. The number of anilines is 1. The largest absolute Gasteiger partial charge is 0.495 e. The number of ether oxygens (including phenoxy) is 1. The van der Waals surface area contributed by atoms with Crippen LogP contribution in [0.5, 0.6) is 5.75 Å². The van der Waals surface area contributed by atoms with Crippen molar-refractivity contribution in [2.24, 2.45) is 0 Å². The molecule has 0 fully saturated rings. The van der Waals surface area contributed by atoms with Crippen molar-refractivity contribution in [3.8, 4) is 28.3 Å². The molecule has 0 spiro atoms. The zero-order valence-electron chi connectivity index (χ0n) is 16.1. The van der Waals surface area contributed by atoms with Crippen molar-refractivity contribution in [2.45, 2.75) is 0 Å². The first-order chi connectivity index (χ1) is 14.3. The Labute approximate surface area is 169 Å². The van der Waals surface area contributed by atoms with Crippen molar-refractivity contribution in [3.05, 3.63) is 91.0 Å². The Kier molecular flexibility index (Phi) is 5.38. The lowest BCUT2D eigenvalue weighted by atomic mass is 10.1. The van der Waals surface area contributed by atoms with E-state index in [0.717, 1.165) is 28.2 Å². The van der Waals surface area contributed by atoms with Gasteiger partial charge in [-0.3, -0.25) is 4.79 Å². The highest BCUT2D eigenvalue weighted by Crippen LogP contribution is 2.27. The molecule has 0 saturated heterocycles. The Balaban J connectivity index is 1.66. The van der Waals surface area contributed by atoms with Gasteiger partial charge >= 0.3 is 0 Å². The van der Waals surface area contributed by atoms with Crippen LogP contribution in [0.25, 0.3) is 22.5 Å². The Morgan fingerprint density at radius 1 is 0.897 bits per heavy atom. The molecule has 0 atom stereocenters. The molecule has 0 unspecified atom stereocenters. The van der Waals surface area contributed by atoms with Crippen LogP contribution >= 0.6 is 0 Å². The van der Waals surface area contributed by atoms with E-state index in [1.165, 1.54) is 4.68 Å². The maximum atomic E-state index is 13.1. The van der Waals surface area contributed by atoms with Crippen LogP contribution in [0.15, 0.2) is 91.0 Å². The van der Waals surface area contributed by atoms with Gasteiger partial charge in [-0.1, -0.05) is 72.8 Å². The molecule has 0 amide bonds. The minimum absolute atomic E-state index is 0.0934. The summed E-state index contributed by atoms with van der Waals surface area (Å²) in [6, 6.07) is 29.1. The minimum Gasteiger partial charge on any atom is -0.495 e. The molecule has 4 rings (SSSR count). The second kappa shape index (κ2) is 8.44. The standard InChI is InChI=1S/C24H21N3O2/c1-29-23-15-9-8-14-20(23)25-17-24(28)27-22(19-12-6-3-7-13-19)16-21(26-27)18-10-4-2-5-11-18/h2-16,25H,17H2,1H3. The molecule has 5 heteroatoms. The molecule has 4 aromatic rings. The maximum Gasteiger partial charge on any atom is 0.266 e. The van der Waals surface area contributed by atoms with E-state index in [9.17, 15) is 4.79 Å². The number of carbonyl (C=O) groups is 1. The first-order valence-electron chi connectivity index (χ1n) is 9.37. The van der Waals surface area contributed by atoms with Gasteiger partial charge in [-0.2, -0.15) is 9.78 Å². The lowest BCUT2D eigenvalue weighted by molar-refractivity contribution is 0.0915. The molecule has 1 heterocycles. The van der Waals surface area contributed by atoms with Crippen LogP contribution in [0.1, 0.15) is 4.79 Å². The number of para-hydroxylation sites is 2. The van der Waals surface area contributed by atoms with Gasteiger partial charge in [0.25, 0.3) is 5.91 Å². The quantitative estimate of drug-likeness (QED) is 0.510. The van der Waals surface area contributed by atoms with Crippen molar-refractivity contribution < 1.29 is 9.53 Å². The Morgan fingerprint density at radius 2 is 1.52 bits per heavy atom. The summed E-state index contributed by atoms with van der Waals surface area (Å²) in [4.78, 5) is 13.1. The van der Waals surface area contributed by atoms with Crippen LogP contribution in [0.4, 0.5) is 5.69 Å². The van der Waals surface area contributed by atoms with E-state index in [4.69, 9.17) is 4.74 Å². The fourth-order valence-electron chi connectivity index (χ4n) is 3.17. The van der Waals surface area contributed by atoms with E-state index in [1.54, 1.807) is 7.11 Å². The van der Waals surface area contributed by atoms with Gasteiger partial charge in [0, 0.05) is 11.1 Å². The summed E-state index contributed by atoms with van der Waals surface area (Å²) in [5, 5.41) is 7.76. The molecule has 0 saturated carbocycles. The summed E-state index contributed by atoms with van der Waals surface area (Å²) >= 11 is 0. The summed E-state index contributed by atoms with van der Waals surface area (Å²) in [5.74, 6) is 0.533. The first kappa shape index (κ1) is 18.5. The number of benzene rings is 3. The Bertz CT molecular complexity index is 1110. The van der Waals surface area contributed by atoms with E-state index >= 15 is 0 Å². The van der Waals surface area contributed by atoms with Gasteiger partial charge in [-0.05, 0) is 18.2 Å². The van der Waals surface area contributed by atoms with E-state index in [2.05, 4.69) is 10.4 Å². The van der Waals surface area contributed by atoms with Gasteiger partial charge < -0.3 is 10.1 Å². The van der Waals surface area contributed by atoms with Gasteiger partial charge in [0.1, 0.15) is 5.75 Å². The summed E-state index contributed by atoms with van der Waals surface area (Å²) in [5.41, 5.74) is 4.19. The van der Waals surface area contributed by atoms with E-state index in [-0.39, 0.29) is 12.5 Å². The molecule has 29 heavy (non-hydrogen) atoms. The molecule has 1 aromatic heterocycles. The topological polar surface area (TPSA) is 56.1 Å². The number of hydrogen-bond donors (Lipinski definition) is 1. The summed E-state index contributed by atoms with van der Waals surface area (Å²) < 4.78 is 6.81. The van der Waals surface area contributed by atoms with Gasteiger partial charge in [-0.15, -0.1) is 0 Å². The molecule has 0 radical (unpaired) electrons. The maximum absolute atomic E-state index is 13.1. The number of methoxy groups -OCH3 is 1. The third-order valence-corrected chi connectivity index (χ3v) is 4.62. The number of nitrogens with zero attached hydrogens (tertiary/aromatic N) is 2. The van der Waals surface area contributed by atoms with Crippen LogP contribution in [0, 0.1) is 0 Å². The zero-order chi connectivity index (χ0) is 20.1. The summed E-state index contributed by atoms with van der Waals surface area (Å²) in [7, 11) is 1.61. The molecule has 0 aliphatic rings. The number of rotatable bonds is 6. The first-order valence-corrected chi connectivity index (χ1v) is 9.37. The molecule has 0 aliphatic carbocycles. The molecular formula is C24H21N3O2. The fourth-order valence-corrected chi connectivity index (χ4v) is 3.17. The SMILES string of the molecule is COc1ccccc1NCC(=O)n1nc(-c2ccccc2)cc1-c1ccccc1. The Hall–Kier alpha value is -3.86. The van der Waals surface area contributed by atoms with E-state index in [0.29, 0.717) is 5.75 Å². The highest BCUT2D eigenvalue weighted by atomic mass is 16.5. The summed E-state index contributed by atoms with van der Waals surface area (Å²) in [6.45, 7) is 0.0934. The van der Waals surface area contributed by atoms with Crippen LogP contribution in [0.2, 0.25) is 0 Å². The van der Waals surface area contributed by atoms with Crippen LogP contribution in [0.3, 0.4) is 0 Å². The molecule has 1 N–H and O–H groups in total. The Morgan fingerprint density at radius 3 is 2.21 bits per heavy atom. The van der Waals surface area contributed by atoms with Gasteiger partial charge in [0.05, 0.1) is 30.7 Å². The van der Waals surface area contributed by atoms with Crippen LogP contribution in [-0.4, -0.2) is 29.3 Å². The second-order valence-electron chi connectivity index (χ2n) is 6.51. The highest BCUT2D eigenvalue weighted by Gasteiger charge is 2.17. The third kappa shape index (κ3) is 4.04. The lowest BCUT2D eigenvalue weighted by Crippen LogP contribution is -2.23. The van der Waals surface area contributed by atoms with E-state index in [1.807, 2.05) is 91.0 Å². The molecule has 144 valence electrons. The molecule has 5 nitrogen and oxygen atoms in total. The normalized spacial score (nSPS) is 10.5. The van der Waals surface area contributed by atoms with Crippen molar-refractivity contribution in [1.82, 2.24) is 9.78 Å². The summed E-state index contributed by atoms with van der Waals surface area (Å²) in [6.07, 6.45) is 0. The van der Waals surface area contributed by atoms with Crippen LogP contribution < -0.4 is 10.1 Å². The van der Waals surface area contributed by atoms with Gasteiger partial charge in [0.15, 0.2) is 0 Å². The monoisotopic (exact) mass is 383 g/mol. The lowest BCUT2D eigenvalue weighted by Gasteiger charge is -2.11. The van der Waals surface area contributed by atoms with Gasteiger partial charge in [0.2, 0.25) is 0 Å². The molecule has 0 aliphatic heterocycles. The van der Waals surface area contributed by atoms with Crippen molar-refractivity contribution in [1.29, 1.82) is 0 Å². The number of carbonyl (C=O) groups excluding carboxylic acids is 1. The molecule has 0 bridgehead atoms. The average Bonchev–Trinajstić information content (AvgIpc) is 3.24. The van der Waals surface area contributed by atoms with Crippen molar-refractivity contribution in [2.75, 3.05) is 19.0 Å². The van der Waals surface area contributed by atoms with E-state index < -0.39 is 0 Å².